The Hall–Kier alpha value is -1.05. The maximum absolute atomic E-state index is 12.2. The van der Waals surface area contributed by atoms with Gasteiger partial charge in [0.2, 0.25) is 0 Å². The number of nitrogens with zero attached hydrogens (tertiary/aromatic N) is 2. The van der Waals surface area contributed by atoms with E-state index in [1.807, 2.05) is 0 Å². The van der Waals surface area contributed by atoms with Crippen LogP contribution in [0.4, 0.5) is 5.69 Å². The maximum Gasteiger partial charge on any atom is 0.265 e. The number of benzene rings is 1. The topological polar surface area (TPSA) is 64.0 Å². The Morgan fingerprint density at radius 1 is 1.42 bits per heavy atom. The van der Waals surface area contributed by atoms with Gasteiger partial charge in [0.05, 0.1) is 22.6 Å². The fourth-order valence-electron chi connectivity index (χ4n) is 1.51. The van der Waals surface area contributed by atoms with E-state index < -0.39 is 10.0 Å². The lowest BCUT2D eigenvalue weighted by Crippen LogP contribution is -2.13. The minimum absolute atomic E-state index is 0.147. The molecule has 1 aromatic heterocycles. The molecule has 0 atom stereocenters. The Bertz CT molecular complexity index is 728. The highest BCUT2D eigenvalue weighted by Crippen LogP contribution is 2.27. The van der Waals surface area contributed by atoms with Gasteiger partial charge in [0.1, 0.15) is 4.90 Å². The first kappa shape index (κ1) is 14.4. The maximum atomic E-state index is 12.2. The van der Waals surface area contributed by atoms with Gasteiger partial charge in [-0.15, -0.1) is 0 Å². The molecular formula is C11H11BrClN3O2S. The van der Waals surface area contributed by atoms with Crippen LogP contribution in [0.3, 0.4) is 0 Å². The second-order valence-corrected chi connectivity index (χ2v) is 6.86. The molecule has 1 heterocycles. The quantitative estimate of drug-likeness (QED) is 0.910. The van der Waals surface area contributed by atoms with Gasteiger partial charge in [0.25, 0.3) is 10.0 Å². The summed E-state index contributed by atoms with van der Waals surface area (Å²) in [5, 5.41) is 4.35. The molecule has 2 rings (SSSR count). The molecule has 102 valence electrons. The summed E-state index contributed by atoms with van der Waals surface area (Å²) in [6.07, 6.45) is 1.32. The molecule has 0 saturated carbocycles. The zero-order valence-electron chi connectivity index (χ0n) is 10.2. The minimum Gasteiger partial charge on any atom is -0.279 e. The number of halogens is 2. The van der Waals surface area contributed by atoms with Crippen molar-refractivity contribution in [3.8, 4) is 0 Å². The van der Waals surface area contributed by atoms with Crippen molar-refractivity contribution in [3.63, 3.8) is 0 Å². The Morgan fingerprint density at radius 2 is 2.11 bits per heavy atom. The Kier molecular flexibility index (Phi) is 3.89. The van der Waals surface area contributed by atoms with Crippen molar-refractivity contribution >= 4 is 43.2 Å². The number of anilines is 1. The third-order valence-electron chi connectivity index (χ3n) is 2.65. The third-order valence-corrected chi connectivity index (χ3v) is 5.37. The number of hydrogen-bond acceptors (Lipinski definition) is 3. The van der Waals surface area contributed by atoms with Crippen molar-refractivity contribution in [2.24, 2.45) is 7.05 Å². The van der Waals surface area contributed by atoms with Crippen molar-refractivity contribution in [3.05, 3.63) is 39.6 Å². The van der Waals surface area contributed by atoms with E-state index >= 15 is 0 Å². The molecule has 0 unspecified atom stereocenters. The molecule has 0 amide bonds. The van der Waals surface area contributed by atoms with Gasteiger partial charge in [-0.05, 0) is 41.1 Å². The zero-order chi connectivity index (χ0) is 14.2. The van der Waals surface area contributed by atoms with Crippen LogP contribution in [0, 0.1) is 6.92 Å². The van der Waals surface area contributed by atoms with Gasteiger partial charge in [-0.25, -0.2) is 8.42 Å². The van der Waals surface area contributed by atoms with Gasteiger partial charge in [0.15, 0.2) is 0 Å². The van der Waals surface area contributed by atoms with Crippen molar-refractivity contribution in [2.75, 3.05) is 4.72 Å². The molecule has 0 saturated heterocycles. The van der Waals surface area contributed by atoms with Gasteiger partial charge in [0, 0.05) is 11.5 Å². The molecule has 0 aliphatic heterocycles. The second-order valence-electron chi connectivity index (χ2n) is 3.95. The first-order chi connectivity index (χ1) is 8.81. The van der Waals surface area contributed by atoms with Crippen LogP contribution in [0.15, 0.2) is 33.8 Å². The Morgan fingerprint density at radius 3 is 2.63 bits per heavy atom. The van der Waals surface area contributed by atoms with Gasteiger partial charge >= 0.3 is 0 Å². The normalized spacial score (nSPS) is 11.6. The summed E-state index contributed by atoms with van der Waals surface area (Å²) in [6.45, 7) is 1.69. The smallest absolute Gasteiger partial charge is 0.265 e. The molecule has 0 fully saturated rings. The summed E-state index contributed by atoms with van der Waals surface area (Å²) >= 11 is 9.17. The Balaban J connectivity index is 2.36. The Labute approximate surface area is 124 Å². The fourth-order valence-corrected chi connectivity index (χ4v) is 3.19. The molecule has 1 aromatic carbocycles. The lowest BCUT2D eigenvalue weighted by atomic mass is 10.3. The highest BCUT2D eigenvalue weighted by Gasteiger charge is 2.20. The van der Waals surface area contributed by atoms with E-state index in [1.54, 1.807) is 26.1 Å². The number of aryl methyl sites for hydroxylation is 1. The van der Waals surface area contributed by atoms with E-state index in [4.69, 9.17) is 11.6 Å². The number of rotatable bonds is 3. The SMILES string of the molecule is Cc1c(S(=O)(=O)Nc2ccc(Br)c(Cl)c2)cnn1C. The molecule has 1 N–H and O–H groups in total. The highest BCUT2D eigenvalue weighted by molar-refractivity contribution is 9.10. The van der Waals surface area contributed by atoms with Crippen LogP contribution in [0.25, 0.3) is 0 Å². The predicted molar refractivity (Wildman–Crippen MR) is 77.9 cm³/mol. The average Bonchev–Trinajstić information content (AvgIpc) is 2.65. The van der Waals surface area contributed by atoms with Crippen LogP contribution in [0.5, 0.6) is 0 Å². The molecule has 0 spiro atoms. The van der Waals surface area contributed by atoms with E-state index in [9.17, 15) is 8.42 Å². The van der Waals surface area contributed by atoms with E-state index in [0.29, 0.717) is 20.9 Å². The number of nitrogens with one attached hydrogen (secondary N) is 1. The number of aromatic nitrogens is 2. The monoisotopic (exact) mass is 363 g/mol. The van der Waals surface area contributed by atoms with Crippen LogP contribution in [-0.2, 0) is 17.1 Å². The molecule has 5 nitrogen and oxygen atoms in total. The van der Waals surface area contributed by atoms with E-state index in [2.05, 4.69) is 25.8 Å². The lowest BCUT2D eigenvalue weighted by molar-refractivity contribution is 0.600. The van der Waals surface area contributed by atoms with Gasteiger partial charge in [-0.2, -0.15) is 5.10 Å². The van der Waals surface area contributed by atoms with Crippen LogP contribution < -0.4 is 4.72 Å². The summed E-state index contributed by atoms with van der Waals surface area (Å²) in [6, 6.07) is 4.84. The molecule has 19 heavy (non-hydrogen) atoms. The standard InChI is InChI=1S/C11H11BrClN3O2S/c1-7-11(6-14-16(7)2)19(17,18)15-8-3-4-9(12)10(13)5-8/h3-6,15H,1-2H3. The van der Waals surface area contributed by atoms with Crippen molar-refractivity contribution in [1.29, 1.82) is 0 Å². The number of sulfonamides is 1. The molecular weight excluding hydrogens is 354 g/mol. The van der Waals surface area contributed by atoms with Gasteiger partial charge in [-0.3, -0.25) is 9.40 Å². The van der Waals surface area contributed by atoms with E-state index in [-0.39, 0.29) is 4.90 Å². The minimum atomic E-state index is -3.66. The molecule has 0 bridgehead atoms. The predicted octanol–water partition coefficient (Wildman–Crippen LogP) is 2.95. The number of hydrogen-bond donors (Lipinski definition) is 1. The van der Waals surface area contributed by atoms with Gasteiger partial charge < -0.3 is 0 Å². The van der Waals surface area contributed by atoms with Gasteiger partial charge in [-0.1, -0.05) is 11.6 Å². The zero-order valence-corrected chi connectivity index (χ0v) is 13.3. The summed E-state index contributed by atoms with van der Waals surface area (Å²) in [7, 11) is -1.97. The third kappa shape index (κ3) is 2.93. The molecule has 0 radical (unpaired) electrons. The van der Waals surface area contributed by atoms with Crippen LogP contribution in [0.2, 0.25) is 5.02 Å². The van der Waals surface area contributed by atoms with E-state index in [1.165, 1.54) is 16.9 Å². The largest absolute Gasteiger partial charge is 0.279 e. The molecule has 2 aromatic rings. The van der Waals surface area contributed by atoms with Crippen LogP contribution >= 0.6 is 27.5 Å². The summed E-state index contributed by atoms with van der Waals surface area (Å²) in [5.41, 5.74) is 0.965. The molecule has 0 aliphatic carbocycles. The van der Waals surface area contributed by atoms with Crippen LogP contribution in [0.1, 0.15) is 5.69 Å². The van der Waals surface area contributed by atoms with Crippen molar-refractivity contribution in [2.45, 2.75) is 11.8 Å². The summed E-state index contributed by atoms with van der Waals surface area (Å²) < 4.78 is 29.1. The molecule has 8 heteroatoms. The first-order valence-corrected chi connectivity index (χ1v) is 7.93. The fraction of sp³-hybridized carbons (Fsp3) is 0.182. The highest BCUT2D eigenvalue weighted by atomic mass is 79.9. The molecule has 0 aliphatic rings. The van der Waals surface area contributed by atoms with Crippen molar-refractivity contribution in [1.82, 2.24) is 9.78 Å². The summed E-state index contributed by atoms with van der Waals surface area (Å²) in [4.78, 5) is 0.147. The average molecular weight is 365 g/mol. The van der Waals surface area contributed by atoms with E-state index in [0.717, 1.165) is 0 Å². The first-order valence-electron chi connectivity index (χ1n) is 5.28. The lowest BCUT2D eigenvalue weighted by Gasteiger charge is -2.08. The summed E-state index contributed by atoms with van der Waals surface area (Å²) in [5.74, 6) is 0. The van der Waals surface area contributed by atoms with Crippen LogP contribution in [-0.4, -0.2) is 18.2 Å². The second kappa shape index (κ2) is 5.15. The van der Waals surface area contributed by atoms with Crippen molar-refractivity contribution < 1.29 is 8.42 Å².